The van der Waals surface area contributed by atoms with Crippen molar-refractivity contribution in [2.75, 3.05) is 6.54 Å². The van der Waals surface area contributed by atoms with Gasteiger partial charge in [-0.25, -0.2) is 0 Å². The largest absolute Gasteiger partial charge is 0.340 e. The Morgan fingerprint density at radius 1 is 1.25 bits per heavy atom. The number of carbonyl (C=O) groups excluding carboxylic acids is 2. The molecule has 0 aromatic heterocycles. The van der Waals surface area contributed by atoms with Crippen molar-refractivity contribution >= 4 is 11.8 Å². The predicted molar refractivity (Wildman–Crippen MR) is 79.1 cm³/mol. The van der Waals surface area contributed by atoms with E-state index in [1.54, 1.807) is 0 Å². The minimum Gasteiger partial charge on any atom is -0.340 e. The standard InChI is InChI=1S/C16H28N2O2/c1-5-13-14(19)17-16(8-6-7-9-16)15(20)18(13)10-12(4)11(2)3/h11-13H,5-10H2,1-4H3,(H,17,19). The molecular weight excluding hydrogens is 252 g/mol. The van der Waals surface area contributed by atoms with Gasteiger partial charge in [0.25, 0.3) is 0 Å². The van der Waals surface area contributed by atoms with Gasteiger partial charge in [-0.3, -0.25) is 9.59 Å². The van der Waals surface area contributed by atoms with E-state index in [0.29, 0.717) is 24.8 Å². The Bertz CT molecular complexity index is 386. The molecule has 2 aliphatic rings. The fourth-order valence-electron chi connectivity index (χ4n) is 3.39. The summed E-state index contributed by atoms with van der Waals surface area (Å²) in [6, 6.07) is -0.282. The average Bonchev–Trinajstić information content (AvgIpc) is 2.85. The van der Waals surface area contributed by atoms with E-state index in [2.05, 4.69) is 26.1 Å². The van der Waals surface area contributed by atoms with E-state index in [9.17, 15) is 9.59 Å². The highest BCUT2D eigenvalue weighted by Gasteiger charge is 2.51. The average molecular weight is 280 g/mol. The summed E-state index contributed by atoms with van der Waals surface area (Å²) >= 11 is 0. The molecule has 2 unspecified atom stereocenters. The number of amides is 2. The Morgan fingerprint density at radius 2 is 1.85 bits per heavy atom. The summed E-state index contributed by atoms with van der Waals surface area (Å²) in [5, 5.41) is 3.04. The van der Waals surface area contributed by atoms with Gasteiger partial charge in [-0.1, -0.05) is 40.5 Å². The monoisotopic (exact) mass is 280 g/mol. The van der Waals surface area contributed by atoms with E-state index in [4.69, 9.17) is 0 Å². The molecule has 0 bridgehead atoms. The number of nitrogens with zero attached hydrogens (tertiary/aromatic N) is 1. The van der Waals surface area contributed by atoms with Gasteiger partial charge in [0.2, 0.25) is 11.8 Å². The van der Waals surface area contributed by atoms with Crippen molar-refractivity contribution in [3.63, 3.8) is 0 Å². The van der Waals surface area contributed by atoms with Crippen LogP contribution in [0, 0.1) is 11.8 Å². The number of piperazine rings is 1. The van der Waals surface area contributed by atoms with Gasteiger partial charge in [-0.2, -0.15) is 0 Å². The van der Waals surface area contributed by atoms with E-state index < -0.39 is 5.54 Å². The SMILES string of the molecule is CCC1C(=O)NC2(CCCC2)C(=O)N1CC(C)C(C)C. The maximum absolute atomic E-state index is 12.9. The van der Waals surface area contributed by atoms with Crippen LogP contribution in [0.4, 0.5) is 0 Å². The van der Waals surface area contributed by atoms with Crippen LogP contribution in [0.2, 0.25) is 0 Å². The van der Waals surface area contributed by atoms with E-state index >= 15 is 0 Å². The first-order valence-electron chi connectivity index (χ1n) is 8.04. The van der Waals surface area contributed by atoms with Crippen molar-refractivity contribution in [3.05, 3.63) is 0 Å². The van der Waals surface area contributed by atoms with E-state index in [1.165, 1.54) is 0 Å². The lowest BCUT2D eigenvalue weighted by molar-refractivity contribution is -0.155. The quantitative estimate of drug-likeness (QED) is 0.859. The molecule has 2 rings (SSSR count). The molecule has 1 aliphatic heterocycles. The van der Waals surface area contributed by atoms with Crippen LogP contribution in [-0.4, -0.2) is 34.8 Å². The van der Waals surface area contributed by atoms with Crippen LogP contribution in [0.15, 0.2) is 0 Å². The Hall–Kier alpha value is -1.06. The van der Waals surface area contributed by atoms with Crippen LogP contribution in [0.1, 0.15) is 59.8 Å². The van der Waals surface area contributed by atoms with Gasteiger partial charge in [0.05, 0.1) is 0 Å². The smallest absolute Gasteiger partial charge is 0.249 e. The molecule has 2 fully saturated rings. The van der Waals surface area contributed by atoms with Gasteiger partial charge in [-0.15, -0.1) is 0 Å². The van der Waals surface area contributed by atoms with Gasteiger partial charge >= 0.3 is 0 Å². The lowest BCUT2D eigenvalue weighted by Crippen LogP contribution is -2.69. The highest BCUT2D eigenvalue weighted by Crippen LogP contribution is 2.35. The number of hydrogen-bond acceptors (Lipinski definition) is 2. The minimum atomic E-state index is -0.584. The Morgan fingerprint density at radius 3 is 2.35 bits per heavy atom. The first kappa shape index (κ1) is 15.3. The summed E-state index contributed by atoms with van der Waals surface area (Å²) in [4.78, 5) is 27.2. The molecule has 0 aromatic carbocycles. The lowest BCUT2D eigenvalue weighted by atomic mass is 9.88. The van der Waals surface area contributed by atoms with Crippen LogP contribution in [0.5, 0.6) is 0 Å². The zero-order valence-electron chi connectivity index (χ0n) is 13.2. The Balaban J connectivity index is 2.23. The normalized spacial score (nSPS) is 27.2. The van der Waals surface area contributed by atoms with Crippen LogP contribution >= 0.6 is 0 Å². The van der Waals surface area contributed by atoms with Crippen molar-refractivity contribution in [1.82, 2.24) is 10.2 Å². The second-order valence-corrected chi connectivity index (χ2v) is 6.88. The molecule has 2 amide bonds. The third kappa shape index (κ3) is 2.57. The van der Waals surface area contributed by atoms with Crippen molar-refractivity contribution in [1.29, 1.82) is 0 Å². The molecule has 4 heteroatoms. The minimum absolute atomic E-state index is 0.0463. The topological polar surface area (TPSA) is 49.4 Å². The molecule has 114 valence electrons. The molecule has 1 heterocycles. The lowest BCUT2D eigenvalue weighted by Gasteiger charge is -2.45. The highest BCUT2D eigenvalue weighted by atomic mass is 16.2. The summed E-state index contributed by atoms with van der Waals surface area (Å²) in [5.41, 5.74) is -0.584. The Kier molecular flexibility index (Phi) is 4.40. The van der Waals surface area contributed by atoms with Gasteiger partial charge in [0.15, 0.2) is 0 Å². The van der Waals surface area contributed by atoms with Crippen LogP contribution < -0.4 is 5.32 Å². The third-order valence-electron chi connectivity index (χ3n) is 5.18. The van der Waals surface area contributed by atoms with Crippen LogP contribution in [0.25, 0.3) is 0 Å². The van der Waals surface area contributed by atoms with E-state index in [-0.39, 0.29) is 17.9 Å². The fraction of sp³-hybridized carbons (Fsp3) is 0.875. The fourth-order valence-corrected chi connectivity index (χ4v) is 3.39. The molecule has 4 nitrogen and oxygen atoms in total. The van der Waals surface area contributed by atoms with E-state index in [1.807, 2.05) is 11.8 Å². The molecular formula is C16H28N2O2. The molecule has 1 N–H and O–H groups in total. The summed E-state index contributed by atoms with van der Waals surface area (Å²) in [6.45, 7) is 9.19. The summed E-state index contributed by atoms with van der Waals surface area (Å²) in [6.07, 6.45) is 4.38. The van der Waals surface area contributed by atoms with Gasteiger partial charge in [0.1, 0.15) is 11.6 Å². The van der Waals surface area contributed by atoms with Crippen molar-refractivity contribution in [2.45, 2.75) is 71.4 Å². The first-order valence-corrected chi connectivity index (χ1v) is 8.04. The summed E-state index contributed by atoms with van der Waals surface area (Å²) in [7, 11) is 0. The van der Waals surface area contributed by atoms with Crippen molar-refractivity contribution in [3.8, 4) is 0 Å². The zero-order chi connectivity index (χ0) is 14.9. The molecule has 1 saturated carbocycles. The number of nitrogens with one attached hydrogen (secondary N) is 1. The molecule has 0 aromatic rings. The van der Waals surface area contributed by atoms with E-state index in [0.717, 1.165) is 25.7 Å². The summed E-state index contributed by atoms with van der Waals surface area (Å²) < 4.78 is 0. The predicted octanol–water partition coefficient (Wildman–Crippen LogP) is 2.33. The molecule has 2 atom stereocenters. The highest BCUT2D eigenvalue weighted by molar-refractivity contribution is 6.00. The molecule has 1 saturated heterocycles. The number of rotatable bonds is 4. The van der Waals surface area contributed by atoms with Gasteiger partial charge < -0.3 is 10.2 Å². The summed E-state index contributed by atoms with van der Waals surface area (Å²) in [5.74, 6) is 1.14. The first-order chi connectivity index (χ1) is 9.41. The van der Waals surface area contributed by atoms with Crippen LogP contribution in [0.3, 0.4) is 0 Å². The van der Waals surface area contributed by atoms with Crippen LogP contribution in [-0.2, 0) is 9.59 Å². The van der Waals surface area contributed by atoms with Crippen molar-refractivity contribution < 1.29 is 9.59 Å². The number of hydrogen-bond donors (Lipinski definition) is 1. The number of carbonyl (C=O) groups is 2. The molecule has 20 heavy (non-hydrogen) atoms. The van der Waals surface area contributed by atoms with Gasteiger partial charge in [0, 0.05) is 6.54 Å². The zero-order valence-corrected chi connectivity index (χ0v) is 13.2. The second-order valence-electron chi connectivity index (χ2n) is 6.88. The maximum atomic E-state index is 12.9. The maximum Gasteiger partial charge on any atom is 0.249 e. The Labute approximate surface area is 122 Å². The molecule has 1 spiro atoms. The molecule has 0 radical (unpaired) electrons. The molecule has 1 aliphatic carbocycles. The third-order valence-corrected chi connectivity index (χ3v) is 5.18. The second kappa shape index (κ2) is 5.74. The van der Waals surface area contributed by atoms with Crippen molar-refractivity contribution in [2.24, 2.45) is 11.8 Å². The van der Waals surface area contributed by atoms with Gasteiger partial charge in [-0.05, 0) is 31.1 Å².